The number of furan rings is 1. The predicted molar refractivity (Wildman–Crippen MR) is 102 cm³/mol. The van der Waals surface area contributed by atoms with E-state index in [4.69, 9.17) is 9.15 Å². The molecule has 1 aliphatic heterocycles. The van der Waals surface area contributed by atoms with Crippen LogP contribution < -0.4 is 4.74 Å². The molecule has 1 aromatic heterocycles. The highest BCUT2D eigenvalue weighted by Gasteiger charge is 2.24. The molecular weight excluding hydrogens is 344 g/mol. The lowest BCUT2D eigenvalue weighted by atomic mass is 10.1. The number of hydrogen-bond donors (Lipinski definition) is 0. The summed E-state index contributed by atoms with van der Waals surface area (Å²) in [5.41, 5.74) is 0.973. The molecule has 1 aromatic carbocycles. The maximum atomic E-state index is 12.5. The summed E-state index contributed by atoms with van der Waals surface area (Å²) in [5, 5.41) is 0. The van der Waals surface area contributed by atoms with Crippen LogP contribution in [-0.4, -0.2) is 54.4 Å². The molecule has 0 saturated carbocycles. The zero-order valence-corrected chi connectivity index (χ0v) is 15.7. The Morgan fingerprint density at radius 3 is 2.26 bits per heavy atom. The van der Waals surface area contributed by atoms with Crippen molar-refractivity contribution in [1.29, 1.82) is 0 Å². The summed E-state index contributed by atoms with van der Waals surface area (Å²) in [7, 11) is 0. The second kappa shape index (κ2) is 9.26. The van der Waals surface area contributed by atoms with Crippen LogP contribution in [-0.2, 0) is 22.4 Å². The minimum Gasteiger partial charge on any atom is -0.494 e. The van der Waals surface area contributed by atoms with Gasteiger partial charge in [-0.05, 0) is 36.8 Å². The molecule has 0 aliphatic carbocycles. The van der Waals surface area contributed by atoms with Gasteiger partial charge in [0.05, 0.1) is 19.3 Å². The summed E-state index contributed by atoms with van der Waals surface area (Å²) < 4.78 is 10.7. The Labute approximate surface area is 159 Å². The second-order valence-electron chi connectivity index (χ2n) is 6.59. The Bertz CT molecular complexity index is 732. The number of hydrogen-bond acceptors (Lipinski definition) is 4. The van der Waals surface area contributed by atoms with Crippen LogP contribution in [0.2, 0.25) is 0 Å². The highest BCUT2D eigenvalue weighted by molar-refractivity contribution is 5.80. The molecular formula is C21H26N2O4. The van der Waals surface area contributed by atoms with Gasteiger partial charge >= 0.3 is 0 Å². The van der Waals surface area contributed by atoms with Gasteiger partial charge < -0.3 is 19.0 Å². The van der Waals surface area contributed by atoms with Crippen molar-refractivity contribution in [3.63, 3.8) is 0 Å². The SMILES string of the molecule is CCOc1ccc(CC(=O)N2CCN(C(=O)CCc3ccco3)CC2)cc1. The largest absolute Gasteiger partial charge is 0.494 e. The molecule has 0 N–H and O–H groups in total. The number of aryl methyl sites for hydroxylation is 1. The maximum Gasteiger partial charge on any atom is 0.227 e. The molecule has 6 heteroatoms. The fourth-order valence-corrected chi connectivity index (χ4v) is 3.20. The quantitative estimate of drug-likeness (QED) is 0.751. The van der Waals surface area contributed by atoms with E-state index in [0.29, 0.717) is 52.0 Å². The number of piperazine rings is 1. The van der Waals surface area contributed by atoms with Gasteiger partial charge in [0.2, 0.25) is 11.8 Å². The highest BCUT2D eigenvalue weighted by Crippen LogP contribution is 2.14. The molecule has 0 radical (unpaired) electrons. The predicted octanol–water partition coefficient (Wildman–Crippen LogP) is 2.52. The van der Waals surface area contributed by atoms with Gasteiger partial charge in [0.1, 0.15) is 11.5 Å². The molecule has 0 unspecified atom stereocenters. The van der Waals surface area contributed by atoms with Crippen molar-refractivity contribution in [2.45, 2.75) is 26.2 Å². The summed E-state index contributed by atoms with van der Waals surface area (Å²) in [4.78, 5) is 28.5. The summed E-state index contributed by atoms with van der Waals surface area (Å²) in [6.07, 6.45) is 3.05. The number of rotatable bonds is 7. The Kier molecular flexibility index (Phi) is 6.52. The minimum atomic E-state index is 0.0989. The lowest BCUT2D eigenvalue weighted by Gasteiger charge is -2.35. The second-order valence-corrected chi connectivity index (χ2v) is 6.59. The molecule has 6 nitrogen and oxygen atoms in total. The number of nitrogens with zero attached hydrogens (tertiary/aromatic N) is 2. The van der Waals surface area contributed by atoms with Crippen molar-refractivity contribution in [3.05, 3.63) is 54.0 Å². The summed E-state index contributed by atoms with van der Waals surface area (Å²) >= 11 is 0. The molecule has 0 spiro atoms. The third kappa shape index (κ3) is 5.36. The van der Waals surface area contributed by atoms with Gasteiger partial charge in [-0.15, -0.1) is 0 Å². The first-order chi connectivity index (χ1) is 13.2. The molecule has 2 heterocycles. The maximum absolute atomic E-state index is 12.5. The lowest BCUT2D eigenvalue weighted by molar-refractivity contribution is -0.139. The molecule has 27 heavy (non-hydrogen) atoms. The van der Waals surface area contributed by atoms with Crippen LogP contribution >= 0.6 is 0 Å². The van der Waals surface area contributed by atoms with Gasteiger partial charge in [-0.2, -0.15) is 0 Å². The molecule has 144 valence electrons. The van der Waals surface area contributed by atoms with Gasteiger partial charge in [0, 0.05) is 39.0 Å². The molecule has 2 aromatic rings. The fraction of sp³-hybridized carbons (Fsp3) is 0.429. The van der Waals surface area contributed by atoms with Crippen molar-refractivity contribution >= 4 is 11.8 Å². The van der Waals surface area contributed by atoms with Crippen molar-refractivity contribution in [2.24, 2.45) is 0 Å². The monoisotopic (exact) mass is 370 g/mol. The standard InChI is InChI=1S/C21H26N2O4/c1-2-26-19-7-5-17(6-8-19)16-21(25)23-13-11-22(12-14-23)20(24)10-9-18-4-3-15-27-18/h3-8,15H,2,9-14,16H2,1H3. The van der Waals surface area contributed by atoms with Gasteiger partial charge in [0.25, 0.3) is 0 Å². The first kappa shape index (κ1) is 19.0. The van der Waals surface area contributed by atoms with E-state index in [1.165, 1.54) is 0 Å². The molecule has 2 amide bonds. The van der Waals surface area contributed by atoms with E-state index < -0.39 is 0 Å². The van der Waals surface area contributed by atoms with Crippen molar-refractivity contribution in [1.82, 2.24) is 9.80 Å². The van der Waals surface area contributed by atoms with Gasteiger partial charge in [0.15, 0.2) is 0 Å². The Hall–Kier alpha value is -2.76. The van der Waals surface area contributed by atoms with E-state index in [0.717, 1.165) is 17.1 Å². The van der Waals surface area contributed by atoms with E-state index in [1.807, 2.05) is 53.1 Å². The van der Waals surface area contributed by atoms with Gasteiger partial charge in [-0.25, -0.2) is 0 Å². The number of carbonyl (C=O) groups excluding carboxylic acids is 2. The van der Waals surface area contributed by atoms with Crippen molar-refractivity contribution < 1.29 is 18.7 Å². The summed E-state index contributed by atoms with van der Waals surface area (Å²) in [6, 6.07) is 11.3. The Morgan fingerprint density at radius 1 is 1.00 bits per heavy atom. The first-order valence-corrected chi connectivity index (χ1v) is 9.45. The van der Waals surface area contributed by atoms with Crippen LogP contribution in [0.4, 0.5) is 0 Å². The van der Waals surface area contributed by atoms with Crippen molar-refractivity contribution in [2.75, 3.05) is 32.8 Å². The van der Waals surface area contributed by atoms with Crippen molar-refractivity contribution in [3.8, 4) is 5.75 Å². The summed E-state index contributed by atoms with van der Waals surface area (Å²) in [5.74, 6) is 1.86. The third-order valence-corrected chi connectivity index (χ3v) is 4.74. The van der Waals surface area contributed by atoms with E-state index in [9.17, 15) is 9.59 Å². The van der Waals surface area contributed by atoms with E-state index in [1.54, 1.807) is 6.26 Å². The van der Waals surface area contributed by atoms with Crippen LogP contribution in [0.1, 0.15) is 24.7 Å². The minimum absolute atomic E-state index is 0.0989. The number of amides is 2. The zero-order valence-electron chi connectivity index (χ0n) is 15.7. The van der Waals surface area contributed by atoms with Crippen LogP contribution in [0.3, 0.4) is 0 Å². The normalized spacial score (nSPS) is 14.3. The van der Waals surface area contributed by atoms with E-state index >= 15 is 0 Å². The van der Waals surface area contributed by atoms with Crippen LogP contribution in [0, 0.1) is 0 Å². The Balaban J connectivity index is 1.42. The smallest absolute Gasteiger partial charge is 0.227 e. The number of carbonyl (C=O) groups is 2. The molecule has 1 aliphatic rings. The average molecular weight is 370 g/mol. The fourth-order valence-electron chi connectivity index (χ4n) is 3.20. The molecule has 0 bridgehead atoms. The molecule has 3 rings (SSSR count). The Morgan fingerprint density at radius 2 is 1.67 bits per heavy atom. The molecule has 1 fully saturated rings. The van der Waals surface area contributed by atoms with Crippen LogP contribution in [0.25, 0.3) is 0 Å². The summed E-state index contributed by atoms with van der Waals surface area (Å²) in [6.45, 7) is 4.92. The number of benzene rings is 1. The van der Waals surface area contributed by atoms with E-state index in [2.05, 4.69) is 0 Å². The third-order valence-electron chi connectivity index (χ3n) is 4.74. The van der Waals surface area contributed by atoms with E-state index in [-0.39, 0.29) is 11.8 Å². The van der Waals surface area contributed by atoms with Gasteiger partial charge in [-0.1, -0.05) is 12.1 Å². The zero-order chi connectivity index (χ0) is 19.1. The highest BCUT2D eigenvalue weighted by atomic mass is 16.5. The van der Waals surface area contributed by atoms with Gasteiger partial charge in [-0.3, -0.25) is 9.59 Å². The number of ether oxygens (including phenoxy) is 1. The van der Waals surface area contributed by atoms with Crippen LogP contribution in [0.15, 0.2) is 47.1 Å². The lowest BCUT2D eigenvalue weighted by Crippen LogP contribution is -2.51. The molecule has 0 atom stereocenters. The van der Waals surface area contributed by atoms with Crippen LogP contribution in [0.5, 0.6) is 5.75 Å². The molecule has 1 saturated heterocycles. The first-order valence-electron chi connectivity index (χ1n) is 9.45. The topological polar surface area (TPSA) is 63.0 Å². The average Bonchev–Trinajstić information content (AvgIpc) is 3.21.